The van der Waals surface area contributed by atoms with E-state index in [1.54, 1.807) is 6.07 Å². The van der Waals surface area contributed by atoms with E-state index < -0.39 is 0 Å². The number of anilines is 1. The minimum Gasteiger partial charge on any atom is -0.381 e. The molecule has 1 aliphatic heterocycles. The topological polar surface area (TPSA) is 21.3 Å². The standard InChI is InChI=1S/C12H15BrFNO/c1-8(9-4-5-16-7-9)15-12-6-10(14)2-3-11(12)13/h2-3,6,8-9,15H,4-5,7H2,1H3. The number of rotatable bonds is 3. The third-order valence-corrected chi connectivity index (χ3v) is 3.68. The Labute approximate surface area is 103 Å². The predicted octanol–water partition coefficient (Wildman–Crippen LogP) is 3.43. The van der Waals surface area contributed by atoms with Gasteiger partial charge in [0.15, 0.2) is 0 Å². The van der Waals surface area contributed by atoms with E-state index in [9.17, 15) is 4.39 Å². The van der Waals surface area contributed by atoms with Crippen LogP contribution in [0, 0.1) is 11.7 Å². The van der Waals surface area contributed by atoms with Gasteiger partial charge in [0.05, 0.1) is 12.3 Å². The number of benzene rings is 1. The average molecular weight is 288 g/mol. The van der Waals surface area contributed by atoms with E-state index >= 15 is 0 Å². The Bertz CT molecular complexity index is 366. The van der Waals surface area contributed by atoms with E-state index in [2.05, 4.69) is 28.2 Å². The third-order valence-electron chi connectivity index (χ3n) is 2.98. The SMILES string of the molecule is CC(Nc1cc(F)ccc1Br)C1CCOC1. The molecule has 1 aliphatic rings. The van der Waals surface area contributed by atoms with Crippen LogP contribution in [-0.4, -0.2) is 19.3 Å². The molecule has 0 aliphatic carbocycles. The van der Waals surface area contributed by atoms with Gasteiger partial charge in [-0.2, -0.15) is 0 Å². The van der Waals surface area contributed by atoms with Crippen molar-refractivity contribution in [2.45, 2.75) is 19.4 Å². The van der Waals surface area contributed by atoms with Gasteiger partial charge >= 0.3 is 0 Å². The highest BCUT2D eigenvalue weighted by molar-refractivity contribution is 9.10. The van der Waals surface area contributed by atoms with E-state index in [0.717, 1.165) is 29.8 Å². The molecule has 0 aromatic heterocycles. The maximum Gasteiger partial charge on any atom is 0.125 e. The van der Waals surface area contributed by atoms with Crippen molar-refractivity contribution >= 4 is 21.6 Å². The lowest BCUT2D eigenvalue weighted by atomic mass is 10.0. The highest BCUT2D eigenvalue weighted by atomic mass is 79.9. The molecule has 16 heavy (non-hydrogen) atoms. The van der Waals surface area contributed by atoms with Gasteiger partial charge in [0.2, 0.25) is 0 Å². The summed E-state index contributed by atoms with van der Waals surface area (Å²) in [4.78, 5) is 0. The molecule has 1 N–H and O–H groups in total. The van der Waals surface area contributed by atoms with E-state index in [0.29, 0.717) is 12.0 Å². The number of nitrogens with one attached hydrogen (secondary N) is 1. The summed E-state index contributed by atoms with van der Waals surface area (Å²) in [6.45, 7) is 3.73. The summed E-state index contributed by atoms with van der Waals surface area (Å²) in [5, 5.41) is 3.33. The van der Waals surface area contributed by atoms with Crippen LogP contribution in [0.25, 0.3) is 0 Å². The molecule has 2 nitrogen and oxygen atoms in total. The van der Waals surface area contributed by atoms with Crippen molar-refractivity contribution < 1.29 is 9.13 Å². The molecule has 1 aromatic rings. The van der Waals surface area contributed by atoms with Crippen LogP contribution in [0.3, 0.4) is 0 Å². The normalized spacial score (nSPS) is 22.1. The molecule has 2 rings (SSSR count). The second-order valence-electron chi connectivity index (χ2n) is 4.18. The van der Waals surface area contributed by atoms with Gasteiger partial charge < -0.3 is 10.1 Å². The van der Waals surface area contributed by atoms with E-state index in [1.165, 1.54) is 12.1 Å². The highest BCUT2D eigenvalue weighted by Crippen LogP contribution is 2.26. The van der Waals surface area contributed by atoms with E-state index in [4.69, 9.17) is 4.74 Å². The third kappa shape index (κ3) is 2.74. The summed E-state index contributed by atoms with van der Waals surface area (Å²) in [5.74, 6) is 0.288. The molecular formula is C12H15BrFNO. The first-order valence-corrected chi connectivity index (χ1v) is 6.25. The lowest BCUT2D eigenvalue weighted by Crippen LogP contribution is -2.26. The first-order chi connectivity index (χ1) is 7.66. The first-order valence-electron chi connectivity index (χ1n) is 5.46. The summed E-state index contributed by atoms with van der Waals surface area (Å²) >= 11 is 3.41. The fourth-order valence-electron chi connectivity index (χ4n) is 1.92. The molecule has 1 saturated heterocycles. The van der Waals surface area contributed by atoms with Gasteiger partial charge in [-0.15, -0.1) is 0 Å². The summed E-state index contributed by atoms with van der Waals surface area (Å²) in [6.07, 6.45) is 1.07. The Morgan fingerprint density at radius 1 is 1.56 bits per heavy atom. The van der Waals surface area contributed by atoms with Crippen LogP contribution >= 0.6 is 15.9 Å². The lowest BCUT2D eigenvalue weighted by molar-refractivity contribution is 0.183. The van der Waals surface area contributed by atoms with Crippen molar-refractivity contribution in [1.29, 1.82) is 0 Å². The zero-order valence-electron chi connectivity index (χ0n) is 9.17. The van der Waals surface area contributed by atoms with Crippen molar-refractivity contribution in [3.8, 4) is 0 Å². The Morgan fingerprint density at radius 2 is 2.38 bits per heavy atom. The van der Waals surface area contributed by atoms with Gasteiger partial charge in [-0.05, 0) is 47.5 Å². The Kier molecular flexibility index (Phi) is 3.82. The van der Waals surface area contributed by atoms with Crippen molar-refractivity contribution in [3.63, 3.8) is 0 Å². The van der Waals surface area contributed by atoms with Gasteiger partial charge in [0.1, 0.15) is 5.82 Å². The summed E-state index contributed by atoms with van der Waals surface area (Å²) in [6, 6.07) is 4.96. The van der Waals surface area contributed by atoms with E-state index in [1.807, 2.05) is 0 Å². The van der Waals surface area contributed by atoms with Crippen LogP contribution < -0.4 is 5.32 Å². The van der Waals surface area contributed by atoms with Gasteiger partial charge in [0, 0.05) is 23.0 Å². The van der Waals surface area contributed by atoms with Crippen LogP contribution in [0.4, 0.5) is 10.1 Å². The number of halogens is 2. The molecular weight excluding hydrogens is 273 g/mol. The van der Waals surface area contributed by atoms with Crippen LogP contribution in [0.2, 0.25) is 0 Å². The summed E-state index contributed by atoms with van der Waals surface area (Å²) < 4.78 is 19.3. The maximum absolute atomic E-state index is 13.1. The Hall–Kier alpha value is -0.610. The molecule has 0 amide bonds. The lowest BCUT2D eigenvalue weighted by Gasteiger charge is -2.21. The minimum atomic E-state index is -0.222. The summed E-state index contributed by atoms with van der Waals surface area (Å²) in [7, 11) is 0. The van der Waals surface area contributed by atoms with Gasteiger partial charge in [0.25, 0.3) is 0 Å². The average Bonchev–Trinajstić information content (AvgIpc) is 2.76. The minimum absolute atomic E-state index is 0.222. The fourth-order valence-corrected chi connectivity index (χ4v) is 2.28. The zero-order chi connectivity index (χ0) is 11.5. The van der Waals surface area contributed by atoms with Gasteiger partial charge in [-0.3, -0.25) is 0 Å². The van der Waals surface area contributed by atoms with E-state index in [-0.39, 0.29) is 5.82 Å². The van der Waals surface area contributed by atoms with Crippen LogP contribution in [0.5, 0.6) is 0 Å². The van der Waals surface area contributed by atoms with Crippen LogP contribution in [0.1, 0.15) is 13.3 Å². The molecule has 0 radical (unpaired) electrons. The van der Waals surface area contributed by atoms with Crippen molar-refractivity contribution in [2.24, 2.45) is 5.92 Å². The molecule has 1 fully saturated rings. The molecule has 0 spiro atoms. The van der Waals surface area contributed by atoms with Gasteiger partial charge in [-0.25, -0.2) is 4.39 Å². The molecule has 88 valence electrons. The zero-order valence-corrected chi connectivity index (χ0v) is 10.8. The molecule has 1 aromatic carbocycles. The second kappa shape index (κ2) is 5.15. The number of ether oxygens (including phenoxy) is 1. The molecule has 2 unspecified atom stereocenters. The molecule has 2 atom stereocenters. The Morgan fingerprint density at radius 3 is 3.06 bits per heavy atom. The van der Waals surface area contributed by atoms with Crippen molar-refractivity contribution in [1.82, 2.24) is 0 Å². The second-order valence-corrected chi connectivity index (χ2v) is 5.04. The molecule has 4 heteroatoms. The first kappa shape index (κ1) is 11.9. The Balaban J connectivity index is 2.04. The molecule has 0 saturated carbocycles. The quantitative estimate of drug-likeness (QED) is 0.920. The highest BCUT2D eigenvalue weighted by Gasteiger charge is 2.22. The molecule has 0 bridgehead atoms. The van der Waals surface area contributed by atoms with Crippen molar-refractivity contribution in [3.05, 3.63) is 28.5 Å². The van der Waals surface area contributed by atoms with Crippen LogP contribution in [0.15, 0.2) is 22.7 Å². The van der Waals surface area contributed by atoms with Crippen LogP contribution in [-0.2, 0) is 4.74 Å². The maximum atomic E-state index is 13.1. The molecule has 1 heterocycles. The number of hydrogen-bond acceptors (Lipinski definition) is 2. The number of hydrogen-bond donors (Lipinski definition) is 1. The van der Waals surface area contributed by atoms with Gasteiger partial charge in [-0.1, -0.05) is 0 Å². The monoisotopic (exact) mass is 287 g/mol. The van der Waals surface area contributed by atoms with Crippen molar-refractivity contribution in [2.75, 3.05) is 18.5 Å². The summed E-state index contributed by atoms with van der Waals surface area (Å²) in [5.41, 5.74) is 0.805. The fraction of sp³-hybridized carbons (Fsp3) is 0.500. The largest absolute Gasteiger partial charge is 0.381 e. The smallest absolute Gasteiger partial charge is 0.125 e. The predicted molar refractivity (Wildman–Crippen MR) is 66.1 cm³/mol.